The Kier molecular flexibility index (Phi) is 4.73. The summed E-state index contributed by atoms with van der Waals surface area (Å²) >= 11 is 2.15. The summed E-state index contributed by atoms with van der Waals surface area (Å²) in [5.41, 5.74) is 7.52. The first-order chi connectivity index (χ1) is 8.86. The van der Waals surface area contributed by atoms with Crippen LogP contribution >= 0.6 is 22.6 Å². The zero-order valence-electron chi connectivity index (χ0n) is 10.5. The number of aromatic nitrogens is 4. The highest BCUT2D eigenvalue weighted by Crippen LogP contribution is 2.30. The van der Waals surface area contributed by atoms with Crippen LogP contribution in [0.5, 0.6) is 0 Å². The van der Waals surface area contributed by atoms with Crippen molar-refractivity contribution < 1.29 is 0 Å². The summed E-state index contributed by atoms with van der Waals surface area (Å²) < 4.78 is 2.02. The van der Waals surface area contributed by atoms with Gasteiger partial charge in [-0.3, -0.25) is 0 Å². The number of hydrogen-bond donors (Lipinski definition) is 1. The highest BCUT2D eigenvalue weighted by Gasteiger charge is 2.19. The number of anilines is 1. The van der Waals surface area contributed by atoms with E-state index < -0.39 is 0 Å². The second kappa shape index (κ2) is 6.31. The second-order valence-corrected chi connectivity index (χ2v) is 4.39. The monoisotopic (exact) mass is 359 g/mol. The van der Waals surface area contributed by atoms with Gasteiger partial charge in [0.05, 0.1) is 11.6 Å². The Hall–Kier alpha value is -0.920. The van der Waals surface area contributed by atoms with Crippen molar-refractivity contribution in [2.75, 3.05) is 10.7 Å². The number of alkyl halides is 1. The molecule has 18 heavy (non-hydrogen) atoms. The molecule has 0 amide bonds. The predicted octanol–water partition coefficient (Wildman–Crippen LogP) is 2.96. The molecule has 2 aromatic rings. The van der Waals surface area contributed by atoms with Crippen LogP contribution in [0.15, 0.2) is 12.3 Å². The lowest BCUT2D eigenvalue weighted by Crippen LogP contribution is -2.14. The summed E-state index contributed by atoms with van der Waals surface area (Å²) in [7, 11) is 0. The van der Waals surface area contributed by atoms with Crippen molar-refractivity contribution in [2.24, 2.45) is 0 Å². The average Bonchev–Trinajstić information content (AvgIpc) is 2.87. The molecule has 0 radical (unpaired) electrons. The number of rotatable bonds is 1. The number of nitrogens with zero attached hydrogens (tertiary/aromatic N) is 4. The Morgan fingerprint density at radius 1 is 1.28 bits per heavy atom. The summed E-state index contributed by atoms with van der Waals surface area (Å²) in [4.78, 5) is 6.00. The third-order valence-corrected chi connectivity index (χ3v) is 3.34. The van der Waals surface area contributed by atoms with Crippen LogP contribution in [0.25, 0.3) is 11.0 Å². The maximum atomic E-state index is 5.77. The molecule has 1 saturated carbocycles. The number of nitrogens with two attached hydrogens (primary N) is 1. The fraction of sp³-hybridized carbons (Fsp3) is 0.583. The molecule has 6 heteroatoms. The van der Waals surface area contributed by atoms with Crippen molar-refractivity contribution in [1.82, 2.24) is 20.0 Å². The Balaban J connectivity index is 0.000000574. The summed E-state index contributed by atoms with van der Waals surface area (Å²) in [6.07, 6.45) is 8.02. The van der Waals surface area contributed by atoms with Crippen molar-refractivity contribution in [3.63, 3.8) is 0 Å². The van der Waals surface area contributed by atoms with Gasteiger partial charge in [-0.25, -0.2) is 9.67 Å². The lowest BCUT2D eigenvalue weighted by atomic mass is 9.95. The van der Waals surface area contributed by atoms with E-state index in [2.05, 4.69) is 37.9 Å². The van der Waals surface area contributed by atoms with Crippen molar-refractivity contribution in [3.05, 3.63) is 12.3 Å². The van der Waals surface area contributed by atoms with Crippen LogP contribution in [-0.4, -0.2) is 24.9 Å². The van der Waals surface area contributed by atoms with Crippen LogP contribution < -0.4 is 5.73 Å². The lowest BCUT2D eigenvalue weighted by molar-refractivity contribution is 0.331. The highest BCUT2D eigenvalue weighted by atomic mass is 127. The smallest absolute Gasteiger partial charge is 0.155 e. The number of pyridine rings is 1. The maximum Gasteiger partial charge on any atom is 0.155 e. The van der Waals surface area contributed by atoms with Crippen LogP contribution in [0.3, 0.4) is 0 Å². The minimum absolute atomic E-state index is 0.472. The van der Waals surface area contributed by atoms with E-state index in [0.29, 0.717) is 11.9 Å². The molecule has 0 aromatic carbocycles. The van der Waals surface area contributed by atoms with E-state index in [1.165, 1.54) is 32.1 Å². The highest BCUT2D eigenvalue weighted by molar-refractivity contribution is 14.1. The number of halogens is 1. The van der Waals surface area contributed by atoms with Gasteiger partial charge in [-0.15, -0.1) is 5.10 Å². The van der Waals surface area contributed by atoms with E-state index >= 15 is 0 Å². The minimum atomic E-state index is 0.472. The van der Waals surface area contributed by atoms with E-state index in [1.807, 2.05) is 15.7 Å². The quantitative estimate of drug-likeness (QED) is 0.628. The Bertz CT molecular complexity index is 504. The topological polar surface area (TPSA) is 69.6 Å². The van der Waals surface area contributed by atoms with Gasteiger partial charge in [0, 0.05) is 6.20 Å². The maximum absolute atomic E-state index is 5.77. The van der Waals surface area contributed by atoms with Gasteiger partial charge < -0.3 is 5.73 Å². The van der Waals surface area contributed by atoms with Crippen LogP contribution in [0, 0.1) is 0 Å². The molecule has 2 aromatic heterocycles. The first kappa shape index (κ1) is 13.5. The largest absolute Gasteiger partial charge is 0.382 e. The number of fused-ring (bicyclic) bond motifs is 1. The van der Waals surface area contributed by atoms with Gasteiger partial charge in [-0.1, -0.05) is 47.1 Å². The van der Waals surface area contributed by atoms with Gasteiger partial charge in [-0.05, 0) is 23.8 Å². The number of nitrogen functional groups attached to an aromatic ring is 1. The zero-order chi connectivity index (χ0) is 13.0. The molecule has 0 unspecified atom stereocenters. The molecule has 0 atom stereocenters. The van der Waals surface area contributed by atoms with Gasteiger partial charge in [-0.2, -0.15) is 0 Å². The summed E-state index contributed by atoms with van der Waals surface area (Å²) in [6, 6.07) is 2.43. The standard InChI is InChI=1S/C11H15N5.CH3I/c12-11-10-9(6-7-13-11)16(15-14-10)8-4-2-1-3-5-8;1-2/h6-8H,1-5H2,(H2,12,13);1H3. The minimum Gasteiger partial charge on any atom is -0.382 e. The lowest BCUT2D eigenvalue weighted by Gasteiger charge is -2.21. The van der Waals surface area contributed by atoms with Gasteiger partial charge in [0.1, 0.15) is 0 Å². The molecule has 1 fully saturated rings. The molecular formula is C12H18IN5. The fourth-order valence-corrected chi connectivity index (χ4v) is 2.48. The molecule has 3 rings (SSSR count). The molecule has 0 bridgehead atoms. The third kappa shape index (κ3) is 2.57. The van der Waals surface area contributed by atoms with Gasteiger partial charge in [0.25, 0.3) is 0 Å². The molecule has 2 heterocycles. The van der Waals surface area contributed by atoms with Crippen molar-refractivity contribution in [2.45, 2.75) is 38.1 Å². The van der Waals surface area contributed by atoms with Crippen molar-refractivity contribution >= 4 is 39.4 Å². The van der Waals surface area contributed by atoms with E-state index in [0.717, 1.165) is 11.0 Å². The fourth-order valence-electron chi connectivity index (χ4n) is 2.48. The Morgan fingerprint density at radius 2 is 2.00 bits per heavy atom. The third-order valence-electron chi connectivity index (χ3n) is 3.34. The Labute approximate surface area is 120 Å². The van der Waals surface area contributed by atoms with Crippen molar-refractivity contribution in [1.29, 1.82) is 0 Å². The Morgan fingerprint density at radius 3 is 2.72 bits per heavy atom. The zero-order valence-corrected chi connectivity index (χ0v) is 12.7. The molecular weight excluding hydrogens is 341 g/mol. The van der Waals surface area contributed by atoms with Crippen LogP contribution in [0.1, 0.15) is 38.1 Å². The molecule has 0 aliphatic heterocycles. The first-order valence-electron chi connectivity index (χ1n) is 6.19. The molecule has 1 aliphatic rings. The average molecular weight is 359 g/mol. The van der Waals surface area contributed by atoms with Crippen LogP contribution in [-0.2, 0) is 0 Å². The molecule has 0 saturated heterocycles. The van der Waals surface area contributed by atoms with Gasteiger partial charge in [0.15, 0.2) is 11.3 Å². The summed E-state index contributed by atoms with van der Waals surface area (Å²) in [5.74, 6) is 0.472. The molecule has 2 N–H and O–H groups in total. The molecule has 98 valence electrons. The van der Waals surface area contributed by atoms with Crippen molar-refractivity contribution in [3.8, 4) is 0 Å². The van der Waals surface area contributed by atoms with Crippen LogP contribution in [0.4, 0.5) is 5.82 Å². The molecule has 0 spiro atoms. The summed E-state index contributed by atoms with van der Waals surface area (Å²) in [6.45, 7) is 0. The van der Waals surface area contributed by atoms with Crippen LogP contribution in [0.2, 0.25) is 0 Å². The number of hydrogen-bond acceptors (Lipinski definition) is 4. The van der Waals surface area contributed by atoms with Gasteiger partial charge >= 0.3 is 0 Å². The van der Waals surface area contributed by atoms with E-state index in [1.54, 1.807) is 6.20 Å². The second-order valence-electron chi connectivity index (χ2n) is 4.39. The molecule has 1 aliphatic carbocycles. The van der Waals surface area contributed by atoms with E-state index in [4.69, 9.17) is 5.73 Å². The first-order valence-corrected chi connectivity index (χ1v) is 8.35. The SMILES string of the molecule is CI.Nc1nccc2c1nnn2C1CCCCC1. The predicted molar refractivity (Wildman–Crippen MR) is 81.8 cm³/mol. The normalized spacial score (nSPS) is 16.3. The van der Waals surface area contributed by atoms with E-state index in [9.17, 15) is 0 Å². The van der Waals surface area contributed by atoms with E-state index in [-0.39, 0.29) is 0 Å². The molecule has 5 nitrogen and oxygen atoms in total. The van der Waals surface area contributed by atoms with Gasteiger partial charge in [0.2, 0.25) is 0 Å². The summed E-state index contributed by atoms with van der Waals surface area (Å²) in [5, 5.41) is 8.35.